The number of benzene rings is 6. The van der Waals surface area contributed by atoms with Gasteiger partial charge >= 0.3 is 0 Å². The molecule has 6 rings (SSSR count). The van der Waals surface area contributed by atoms with Gasteiger partial charge in [0.25, 0.3) is 0 Å². The summed E-state index contributed by atoms with van der Waals surface area (Å²) in [6.45, 7) is 0. The summed E-state index contributed by atoms with van der Waals surface area (Å²) in [5, 5.41) is 25.5. The fraction of sp³-hybridized carbons (Fsp3) is 0.0556. The van der Waals surface area contributed by atoms with Crippen LogP contribution in [0.25, 0.3) is 21.5 Å². The molecule has 0 bridgehead atoms. The van der Waals surface area contributed by atoms with Gasteiger partial charge in [0.2, 0.25) is 0 Å². The summed E-state index contributed by atoms with van der Waals surface area (Å²) in [6.07, 6.45) is 3.52. The van der Waals surface area contributed by atoms with E-state index >= 15 is 0 Å². The third-order valence-corrected chi connectivity index (χ3v) is 7.21. The summed E-state index contributed by atoms with van der Waals surface area (Å²) in [5.74, 6) is 0.351. The highest BCUT2D eigenvalue weighted by molar-refractivity contribution is 6.03. The molecular formula is C36H28N2O2. The first kappa shape index (κ1) is 25.1. The number of nitrogens with zero attached hydrogens (tertiary/aromatic N) is 2. The van der Waals surface area contributed by atoms with Crippen LogP contribution in [0.15, 0.2) is 143 Å². The Labute approximate surface area is 233 Å². The van der Waals surface area contributed by atoms with Gasteiger partial charge < -0.3 is 10.2 Å². The average molecular weight is 521 g/mol. The van der Waals surface area contributed by atoms with Crippen molar-refractivity contribution in [1.82, 2.24) is 0 Å². The number of rotatable bonds is 7. The van der Waals surface area contributed by atoms with Gasteiger partial charge in [-0.2, -0.15) is 0 Å². The van der Waals surface area contributed by atoms with Gasteiger partial charge in [0.15, 0.2) is 0 Å². The molecule has 0 fully saturated rings. The molecule has 194 valence electrons. The molecule has 6 aromatic rings. The minimum absolute atomic E-state index is 0.176. The predicted molar refractivity (Wildman–Crippen MR) is 165 cm³/mol. The van der Waals surface area contributed by atoms with E-state index in [2.05, 4.69) is 0 Å². The summed E-state index contributed by atoms with van der Waals surface area (Å²) in [7, 11) is 0. The van der Waals surface area contributed by atoms with E-state index in [1.807, 2.05) is 121 Å². The molecule has 0 saturated heterocycles. The Morgan fingerprint density at radius 2 is 0.800 bits per heavy atom. The van der Waals surface area contributed by atoms with Crippen LogP contribution in [0, 0.1) is 0 Å². The van der Waals surface area contributed by atoms with Gasteiger partial charge in [-0.25, -0.2) is 0 Å². The topological polar surface area (TPSA) is 65.2 Å². The number of phenols is 2. The van der Waals surface area contributed by atoms with Crippen LogP contribution < -0.4 is 0 Å². The van der Waals surface area contributed by atoms with Crippen molar-refractivity contribution in [3.8, 4) is 11.5 Å². The minimum atomic E-state index is -0.393. The molecule has 40 heavy (non-hydrogen) atoms. The van der Waals surface area contributed by atoms with Gasteiger partial charge in [-0.05, 0) is 44.8 Å². The monoisotopic (exact) mass is 520 g/mol. The number of aliphatic imine (C=N–C) groups is 2. The number of fused-ring (bicyclic) bond motifs is 2. The zero-order valence-corrected chi connectivity index (χ0v) is 21.8. The lowest BCUT2D eigenvalue weighted by Gasteiger charge is -2.22. The smallest absolute Gasteiger partial charge is 0.124 e. The molecule has 0 heterocycles. The highest BCUT2D eigenvalue weighted by Crippen LogP contribution is 2.37. The highest BCUT2D eigenvalue weighted by atomic mass is 16.3. The van der Waals surface area contributed by atoms with Crippen molar-refractivity contribution >= 4 is 34.0 Å². The molecule has 6 aromatic carbocycles. The Bertz CT molecular complexity index is 1690. The summed E-state index contributed by atoms with van der Waals surface area (Å²) in [6, 6.07) is 42.5. The first-order valence-corrected chi connectivity index (χ1v) is 13.3. The molecule has 0 aliphatic carbocycles. The molecule has 0 radical (unpaired) electrons. The van der Waals surface area contributed by atoms with E-state index in [0.717, 1.165) is 32.7 Å². The van der Waals surface area contributed by atoms with E-state index in [1.54, 1.807) is 24.6 Å². The average Bonchev–Trinajstić information content (AvgIpc) is 3.01. The molecule has 0 saturated carbocycles. The van der Waals surface area contributed by atoms with Crippen LogP contribution in [0.3, 0.4) is 0 Å². The van der Waals surface area contributed by atoms with Gasteiger partial charge in [-0.1, -0.05) is 121 Å². The molecule has 0 aliphatic rings. The van der Waals surface area contributed by atoms with E-state index in [1.165, 1.54) is 0 Å². The van der Waals surface area contributed by atoms with Crippen molar-refractivity contribution in [3.05, 3.63) is 156 Å². The molecule has 0 spiro atoms. The number of aromatic hydroxyl groups is 2. The van der Waals surface area contributed by atoms with E-state index in [9.17, 15) is 10.2 Å². The Balaban J connectivity index is 1.50. The second-order valence-electron chi connectivity index (χ2n) is 9.71. The van der Waals surface area contributed by atoms with Crippen LogP contribution in [0.2, 0.25) is 0 Å². The first-order valence-electron chi connectivity index (χ1n) is 13.3. The van der Waals surface area contributed by atoms with Gasteiger partial charge in [0.1, 0.15) is 23.6 Å². The second-order valence-corrected chi connectivity index (χ2v) is 9.71. The Hall–Kier alpha value is -5.22. The van der Waals surface area contributed by atoms with Crippen molar-refractivity contribution in [2.75, 3.05) is 0 Å². The quantitative estimate of drug-likeness (QED) is 0.208. The standard InChI is InChI=1S/C36H28N2O2/c39-33-21-19-25-11-7-9-17-29(25)31(33)23-37-35(27-13-3-1-4-14-27)36(28-15-5-2-6-16-28)38-24-32-30-18-10-8-12-26(30)20-22-34(32)40/h1-24,35-36,39-40H. The van der Waals surface area contributed by atoms with Crippen LogP contribution in [0.5, 0.6) is 11.5 Å². The maximum Gasteiger partial charge on any atom is 0.124 e. The Morgan fingerprint density at radius 1 is 0.425 bits per heavy atom. The molecule has 4 heteroatoms. The molecule has 0 aliphatic heterocycles. The van der Waals surface area contributed by atoms with Crippen LogP contribution in [0.1, 0.15) is 34.3 Å². The fourth-order valence-electron chi connectivity index (χ4n) is 5.15. The summed E-state index contributed by atoms with van der Waals surface area (Å²) >= 11 is 0. The van der Waals surface area contributed by atoms with Crippen molar-refractivity contribution < 1.29 is 10.2 Å². The van der Waals surface area contributed by atoms with E-state index in [4.69, 9.17) is 9.98 Å². The number of hydrogen-bond acceptors (Lipinski definition) is 4. The van der Waals surface area contributed by atoms with Crippen LogP contribution in [0.4, 0.5) is 0 Å². The summed E-state index contributed by atoms with van der Waals surface area (Å²) in [4.78, 5) is 10.2. The van der Waals surface area contributed by atoms with Gasteiger partial charge in [0, 0.05) is 23.6 Å². The number of hydrogen-bond donors (Lipinski definition) is 2. The van der Waals surface area contributed by atoms with E-state index in [-0.39, 0.29) is 11.5 Å². The van der Waals surface area contributed by atoms with Crippen molar-refractivity contribution in [1.29, 1.82) is 0 Å². The van der Waals surface area contributed by atoms with Gasteiger partial charge in [-0.3, -0.25) is 9.98 Å². The predicted octanol–water partition coefficient (Wildman–Crippen LogP) is 8.42. The fourth-order valence-corrected chi connectivity index (χ4v) is 5.15. The van der Waals surface area contributed by atoms with Gasteiger partial charge in [0.05, 0.1) is 0 Å². The third kappa shape index (κ3) is 5.07. The Morgan fingerprint density at radius 3 is 1.23 bits per heavy atom. The minimum Gasteiger partial charge on any atom is -0.507 e. The normalized spacial score (nSPS) is 13.3. The Kier molecular flexibility index (Phi) is 7.06. The molecule has 0 aromatic heterocycles. The molecule has 2 unspecified atom stereocenters. The van der Waals surface area contributed by atoms with E-state index in [0.29, 0.717) is 11.1 Å². The lowest BCUT2D eigenvalue weighted by atomic mass is 9.93. The first-order chi connectivity index (χ1) is 19.7. The van der Waals surface area contributed by atoms with E-state index < -0.39 is 12.1 Å². The van der Waals surface area contributed by atoms with Crippen molar-refractivity contribution in [2.24, 2.45) is 9.98 Å². The summed E-state index contributed by atoms with van der Waals surface area (Å²) in [5.41, 5.74) is 3.32. The highest BCUT2D eigenvalue weighted by Gasteiger charge is 2.24. The lowest BCUT2D eigenvalue weighted by molar-refractivity contribution is 0.474. The zero-order chi connectivity index (χ0) is 27.3. The molecule has 2 N–H and O–H groups in total. The summed E-state index contributed by atoms with van der Waals surface area (Å²) < 4.78 is 0. The molecule has 2 atom stereocenters. The van der Waals surface area contributed by atoms with Crippen LogP contribution in [-0.2, 0) is 0 Å². The van der Waals surface area contributed by atoms with Crippen molar-refractivity contribution in [3.63, 3.8) is 0 Å². The zero-order valence-electron chi connectivity index (χ0n) is 21.8. The van der Waals surface area contributed by atoms with Crippen LogP contribution >= 0.6 is 0 Å². The second kappa shape index (κ2) is 11.3. The van der Waals surface area contributed by atoms with Gasteiger partial charge in [-0.15, -0.1) is 0 Å². The maximum absolute atomic E-state index is 10.8. The molecular weight excluding hydrogens is 492 g/mol. The lowest BCUT2D eigenvalue weighted by Crippen LogP contribution is -2.09. The maximum atomic E-state index is 10.8. The number of phenolic OH excluding ortho intramolecular Hbond substituents is 2. The SMILES string of the molecule is Oc1ccc2ccccc2c1C=NC(c1ccccc1)C(N=Cc1c(O)ccc2ccccc12)c1ccccc1. The van der Waals surface area contributed by atoms with Crippen LogP contribution in [-0.4, -0.2) is 22.6 Å². The van der Waals surface area contributed by atoms with Crippen molar-refractivity contribution in [2.45, 2.75) is 12.1 Å². The molecule has 4 nitrogen and oxygen atoms in total. The third-order valence-electron chi connectivity index (χ3n) is 7.21. The largest absolute Gasteiger partial charge is 0.507 e. The molecule has 0 amide bonds.